The molecule has 1 aromatic heterocycles. The van der Waals surface area contributed by atoms with Crippen LogP contribution in [0.5, 0.6) is 5.75 Å². The summed E-state index contributed by atoms with van der Waals surface area (Å²) in [5.41, 5.74) is 1.68. The van der Waals surface area contributed by atoms with Gasteiger partial charge in [0.1, 0.15) is 17.7 Å². The van der Waals surface area contributed by atoms with Crippen LogP contribution in [-0.2, 0) is 0 Å². The summed E-state index contributed by atoms with van der Waals surface area (Å²) in [6, 6.07) is 9.65. The van der Waals surface area contributed by atoms with E-state index in [1.54, 1.807) is 44.6 Å². The number of piperidine rings is 1. The highest BCUT2D eigenvalue weighted by molar-refractivity contribution is 6.00. The molecular weight excluding hydrogens is 385 g/mol. The molecule has 0 spiro atoms. The monoisotopic (exact) mass is 409 g/mol. The number of carbonyl (C=O) groups is 1. The van der Waals surface area contributed by atoms with Gasteiger partial charge in [0.05, 0.1) is 11.1 Å². The fourth-order valence-electron chi connectivity index (χ4n) is 3.41. The lowest BCUT2D eigenvalue weighted by Gasteiger charge is -2.25. The van der Waals surface area contributed by atoms with Gasteiger partial charge in [0.15, 0.2) is 0 Å². The molecule has 4 rings (SSSR count). The van der Waals surface area contributed by atoms with Crippen LogP contribution in [0.3, 0.4) is 0 Å². The van der Waals surface area contributed by atoms with Crippen LogP contribution in [0.4, 0.5) is 16.0 Å². The SMILES string of the molecule is CN(C)C(=O)c1cc2cnc(Nc3cccc(F)c3)nc2cc1OC1CCNCC1. The average molecular weight is 409 g/mol. The first kappa shape index (κ1) is 20.0. The zero-order valence-electron chi connectivity index (χ0n) is 17.0. The second kappa shape index (κ2) is 8.62. The number of nitrogens with zero attached hydrogens (tertiary/aromatic N) is 3. The quantitative estimate of drug-likeness (QED) is 0.673. The van der Waals surface area contributed by atoms with Gasteiger partial charge < -0.3 is 20.3 Å². The summed E-state index contributed by atoms with van der Waals surface area (Å²) in [7, 11) is 3.42. The lowest BCUT2D eigenvalue weighted by atomic mass is 10.1. The minimum absolute atomic E-state index is 0.0455. The predicted molar refractivity (Wildman–Crippen MR) is 114 cm³/mol. The Hall–Kier alpha value is -3.26. The molecule has 7 nitrogen and oxygen atoms in total. The van der Waals surface area contributed by atoms with Gasteiger partial charge in [0, 0.05) is 37.4 Å². The number of ether oxygens (including phenoxy) is 1. The van der Waals surface area contributed by atoms with E-state index in [2.05, 4.69) is 20.6 Å². The molecule has 30 heavy (non-hydrogen) atoms. The number of rotatable bonds is 5. The Morgan fingerprint density at radius 3 is 2.77 bits per heavy atom. The summed E-state index contributed by atoms with van der Waals surface area (Å²) in [5, 5.41) is 7.04. The number of halogens is 1. The number of nitrogens with one attached hydrogen (secondary N) is 2. The fourth-order valence-corrected chi connectivity index (χ4v) is 3.41. The number of benzene rings is 2. The molecule has 1 aliphatic heterocycles. The van der Waals surface area contributed by atoms with Crippen molar-refractivity contribution in [3.63, 3.8) is 0 Å². The average Bonchev–Trinajstić information content (AvgIpc) is 2.73. The Morgan fingerprint density at radius 2 is 2.03 bits per heavy atom. The maximum absolute atomic E-state index is 13.4. The molecule has 0 saturated carbocycles. The summed E-state index contributed by atoms with van der Waals surface area (Å²) in [5.74, 6) is 0.379. The highest BCUT2D eigenvalue weighted by atomic mass is 19.1. The van der Waals surface area contributed by atoms with Crippen molar-refractivity contribution in [2.24, 2.45) is 0 Å². The van der Waals surface area contributed by atoms with Crippen molar-refractivity contribution in [1.29, 1.82) is 0 Å². The largest absolute Gasteiger partial charge is 0.489 e. The Kier molecular flexibility index (Phi) is 5.76. The fraction of sp³-hybridized carbons (Fsp3) is 0.318. The van der Waals surface area contributed by atoms with E-state index in [4.69, 9.17) is 4.74 Å². The number of fused-ring (bicyclic) bond motifs is 1. The summed E-state index contributed by atoms with van der Waals surface area (Å²) in [4.78, 5) is 23.1. The number of amides is 1. The molecular formula is C22H24FN5O2. The van der Waals surface area contributed by atoms with Crippen molar-refractivity contribution in [3.8, 4) is 5.75 Å². The maximum Gasteiger partial charge on any atom is 0.257 e. The van der Waals surface area contributed by atoms with Gasteiger partial charge in [-0.15, -0.1) is 0 Å². The van der Waals surface area contributed by atoms with Crippen LogP contribution in [0.15, 0.2) is 42.6 Å². The van der Waals surface area contributed by atoms with Crippen molar-refractivity contribution in [3.05, 3.63) is 54.0 Å². The lowest BCUT2D eigenvalue weighted by molar-refractivity contribution is 0.0817. The van der Waals surface area contributed by atoms with Gasteiger partial charge in [-0.3, -0.25) is 4.79 Å². The second-order valence-corrected chi connectivity index (χ2v) is 7.50. The zero-order valence-corrected chi connectivity index (χ0v) is 17.0. The van der Waals surface area contributed by atoms with Crippen LogP contribution in [-0.4, -0.2) is 54.1 Å². The molecule has 1 amide bonds. The van der Waals surface area contributed by atoms with E-state index in [1.165, 1.54) is 17.0 Å². The van der Waals surface area contributed by atoms with Crippen LogP contribution in [0.1, 0.15) is 23.2 Å². The summed E-state index contributed by atoms with van der Waals surface area (Å²) in [6.45, 7) is 1.78. The lowest BCUT2D eigenvalue weighted by Crippen LogP contribution is -2.34. The molecule has 156 valence electrons. The summed E-state index contributed by atoms with van der Waals surface area (Å²) >= 11 is 0. The maximum atomic E-state index is 13.4. The first-order chi connectivity index (χ1) is 14.5. The minimum Gasteiger partial charge on any atom is -0.489 e. The molecule has 1 saturated heterocycles. The van der Waals surface area contributed by atoms with Crippen LogP contribution < -0.4 is 15.4 Å². The minimum atomic E-state index is -0.342. The van der Waals surface area contributed by atoms with E-state index in [9.17, 15) is 9.18 Å². The third-order valence-electron chi connectivity index (χ3n) is 4.98. The predicted octanol–water partition coefficient (Wildman–Crippen LogP) is 3.35. The van der Waals surface area contributed by atoms with Crippen molar-refractivity contribution >= 4 is 28.4 Å². The molecule has 8 heteroatoms. The standard InChI is InChI=1S/C22H24FN5O2/c1-28(2)21(29)18-10-14-13-25-22(26-16-5-3-4-15(23)11-16)27-19(14)12-20(18)30-17-6-8-24-9-7-17/h3-5,10-13,17,24H,6-9H2,1-2H3,(H,25,26,27). The van der Waals surface area contributed by atoms with Gasteiger partial charge in [-0.1, -0.05) is 6.07 Å². The van der Waals surface area contributed by atoms with Gasteiger partial charge >= 0.3 is 0 Å². The normalized spacial score (nSPS) is 14.5. The van der Waals surface area contributed by atoms with Crippen LogP contribution in [0, 0.1) is 5.82 Å². The Morgan fingerprint density at radius 1 is 1.23 bits per heavy atom. The van der Waals surface area contributed by atoms with Gasteiger partial charge in [0.25, 0.3) is 5.91 Å². The summed E-state index contributed by atoms with van der Waals surface area (Å²) < 4.78 is 19.7. The van der Waals surface area contributed by atoms with Crippen molar-refractivity contribution in [2.75, 3.05) is 32.5 Å². The molecule has 1 fully saturated rings. The van der Waals surface area contributed by atoms with E-state index in [0.717, 1.165) is 31.3 Å². The highest BCUT2D eigenvalue weighted by Crippen LogP contribution is 2.29. The topological polar surface area (TPSA) is 79.4 Å². The molecule has 0 bridgehead atoms. The molecule has 0 unspecified atom stereocenters. The van der Waals surface area contributed by atoms with Crippen molar-refractivity contribution in [1.82, 2.24) is 20.2 Å². The van der Waals surface area contributed by atoms with E-state index in [1.807, 2.05) is 0 Å². The number of aromatic nitrogens is 2. The molecule has 2 heterocycles. The summed E-state index contributed by atoms with van der Waals surface area (Å²) in [6.07, 6.45) is 3.45. The molecule has 0 atom stereocenters. The van der Waals surface area contributed by atoms with Gasteiger partial charge in [0.2, 0.25) is 5.95 Å². The first-order valence-electron chi connectivity index (χ1n) is 9.92. The molecule has 2 N–H and O–H groups in total. The van der Waals surface area contributed by atoms with Gasteiger partial charge in [-0.25, -0.2) is 14.4 Å². The Balaban J connectivity index is 1.69. The molecule has 1 aliphatic rings. The molecule has 3 aromatic rings. The number of hydrogen-bond donors (Lipinski definition) is 2. The van der Waals surface area contributed by atoms with E-state index < -0.39 is 0 Å². The Bertz CT molecular complexity index is 1070. The Labute approximate surface area is 174 Å². The zero-order chi connectivity index (χ0) is 21.1. The number of anilines is 2. The second-order valence-electron chi connectivity index (χ2n) is 7.50. The third-order valence-corrected chi connectivity index (χ3v) is 4.98. The van der Waals surface area contributed by atoms with E-state index >= 15 is 0 Å². The molecule has 0 aliphatic carbocycles. The first-order valence-corrected chi connectivity index (χ1v) is 9.92. The van der Waals surface area contributed by atoms with E-state index in [0.29, 0.717) is 28.5 Å². The molecule has 0 radical (unpaired) electrons. The van der Waals surface area contributed by atoms with Crippen molar-refractivity contribution in [2.45, 2.75) is 18.9 Å². The number of hydrogen-bond acceptors (Lipinski definition) is 6. The third kappa shape index (κ3) is 4.49. The van der Waals surface area contributed by atoms with Gasteiger partial charge in [-0.2, -0.15) is 0 Å². The number of carbonyl (C=O) groups excluding carboxylic acids is 1. The van der Waals surface area contributed by atoms with Gasteiger partial charge in [-0.05, 0) is 50.2 Å². The smallest absolute Gasteiger partial charge is 0.257 e. The molecule has 2 aromatic carbocycles. The van der Waals surface area contributed by atoms with Crippen LogP contribution in [0.2, 0.25) is 0 Å². The highest BCUT2D eigenvalue weighted by Gasteiger charge is 2.21. The van der Waals surface area contributed by atoms with Crippen LogP contribution in [0.25, 0.3) is 10.9 Å². The van der Waals surface area contributed by atoms with E-state index in [-0.39, 0.29) is 17.8 Å². The van der Waals surface area contributed by atoms with Crippen LogP contribution >= 0.6 is 0 Å². The van der Waals surface area contributed by atoms with Crippen molar-refractivity contribution < 1.29 is 13.9 Å².